The maximum atomic E-state index is 3.49. The van der Waals surface area contributed by atoms with Gasteiger partial charge >= 0.3 is 0 Å². The van der Waals surface area contributed by atoms with Gasteiger partial charge in [0.05, 0.1) is 0 Å². The Morgan fingerprint density at radius 2 is 2.09 bits per heavy atom. The predicted molar refractivity (Wildman–Crippen MR) is 56.2 cm³/mol. The lowest BCUT2D eigenvalue weighted by atomic mass is 10.1. The summed E-state index contributed by atoms with van der Waals surface area (Å²) in [6, 6.07) is 6.48. The van der Waals surface area contributed by atoms with Crippen molar-refractivity contribution in [3.05, 3.63) is 33.8 Å². The van der Waals surface area contributed by atoms with Gasteiger partial charge in [-0.05, 0) is 23.6 Å². The fourth-order valence-corrected chi connectivity index (χ4v) is 2.18. The molecule has 1 aromatic rings. The van der Waals surface area contributed by atoms with E-state index in [9.17, 15) is 0 Å². The highest BCUT2D eigenvalue weighted by Crippen LogP contribution is 2.20. The third-order valence-corrected chi connectivity index (χ3v) is 3.04. The molecule has 0 aliphatic rings. The number of rotatable bonds is 2. The predicted octanol–water partition coefficient (Wildman–Crippen LogP) is 3.91. The number of benzene rings is 1. The standard InChI is InChI=1S/C9H10Br2/c1-2-7-3-4-9(11)8(5-7)6-10/h3-5H,2,6H2,1H3. The fourth-order valence-electron chi connectivity index (χ4n) is 0.950. The van der Waals surface area contributed by atoms with E-state index in [1.54, 1.807) is 0 Å². The summed E-state index contributed by atoms with van der Waals surface area (Å²) in [7, 11) is 0. The number of halogens is 2. The van der Waals surface area contributed by atoms with Crippen LogP contribution in [-0.4, -0.2) is 0 Å². The van der Waals surface area contributed by atoms with Crippen LogP contribution in [0.2, 0.25) is 0 Å². The zero-order valence-corrected chi connectivity index (χ0v) is 9.57. The Balaban J connectivity index is 3.02. The van der Waals surface area contributed by atoms with Crippen molar-refractivity contribution < 1.29 is 0 Å². The van der Waals surface area contributed by atoms with Gasteiger partial charge in [0.15, 0.2) is 0 Å². The molecule has 1 aromatic carbocycles. The van der Waals surface area contributed by atoms with Crippen LogP contribution >= 0.6 is 31.9 Å². The van der Waals surface area contributed by atoms with Crippen molar-refractivity contribution in [2.75, 3.05) is 0 Å². The molecule has 0 nitrogen and oxygen atoms in total. The molecular weight excluding hydrogens is 268 g/mol. The summed E-state index contributed by atoms with van der Waals surface area (Å²) in [4.78, 5) is 0. The summed E-state index contributed by atoms with van der Waals surface area (Å²) in [6.07, 6.45) is 1.10. The Morgan fingerprint density at radius 1 is 1.36 bits per heavy atom. The van der Waals surface area contributed by atoms with Crippen LogP contribution in [0, 0.1) is 0 Å². The second-order valence-corrected chi connectivity index (χ2v) is 3.83. The highest BCUT2D eigenvalue weighted by molar-refractivity contribution is 9.10. The number of aryl methyl sites for hydroxylation is 1. The first-order chi connectivity index (χ1) is 5.27. The average molecular weight is 278 g/mol. The molecule has 0 atom stereocenters. The summed E-state index contributed by atoms with van der Waals surface area (Å²) < 4.78 is 1.19. The number of alkyl halides is 1. The smallest absolute Gasteiger partial charge is 0.0294 e. The van der Waals surface area contributed by atoms with Gasteiger partial charge in [0, 0.05) is 9.80 Å². The monoisotopic (exact) mass is 276 g/mol. The lowest BCUT2D eigenvalue weighted by Gasteiger charge is -2.02. The van der Waals surface area contributed by atoms with Crippen molar-refractivity contribution in [2.45, 2.75) is 18.7 Å². The first-order valence-electron chi connectivity index (χ1n) is 3.61. The van der Waals surface area contributed by atoms with Crippen LogP contribution in [0.5, 0.6) is 0 Å². The SMILES string of the molecule is CCc1ccc(Br)c(CBr)c1. The van der Waals surface area contributed by atoms with Crippen molar-refractivity contribution in [2.24, 2.45) is 0 Å². The Bertz CT molecular complexity index is 243. The number of hydrogen-bond donors (Lipinski definition) is 0. The van der Waals surface area contributed by atoms with Crippen LogP contribution in [-0.2, 0) is 11.8 Å². The van der Waals surface area contributed by atoms with Crippen molar-refractivity contribution in [1.29, 1.82) is 0 Å². The van der Waals surface area contributed by atoms with E-state index in [1.165, 1.54) is 15.6 Å². The van der Waals surface area contributed by atoms with Crippen molar-refractivity contribution in [3.63, 3.8) is 0 Å². The molecule has 0 saturated heterocycles. The van der Waals surface area contributed by atoms with Crippen LogP contribution in [0.25, 0.3) is 0 Å². The van der Waals surface area contributed by atoms with Gasteiger partial charge in [0.2, 0.25) is 0 Å². The van der Waals surface area contributed by atoms with Crippen LogP contribution in [0.4, 0.5) is 0 Å². The molecular formula is C9H10Br2. The van der Waals surface area contributed by atoms with Crippen molar-refractivity contribution in [3.8, 4) is 0 Å². The lowest BCUT2D eigenvalue weighted by Crippen LogP contribution is -1.84. The molecule has 0 aliphatic heterocycles. The minimum absolute atomic E-state index is 0.918. The van der Waals surface area contributed by atoms with Gasteiger partial charge < -0.3 is 0 Å². The third-order valence-electron chi connectivity index (χ3n) is 1.66. The molecule has 0 fully saturated rings. The second-order valence-electron chi connectivity index (χ2n) is 2.41. The topological polar surface area (TPSA) is 0 Å². The van der Waals surface area contributed by atoms with Crippen LogP contribution in [0.1, 0.15) is 18.1 Å². The third kappa shape index (κ3) is 2.31. The highest BCUT2D eigenvalue weighted by atomic mass is 79.9. The molecule has 0 aromatic heterocycles. The molecule has 0 amide bonds. The zero-order valence-electron chi connectivity index (χ0n) is 6.40. The molecule has 60 valence electrons. The van der Waals surface area contributed by atoms with Gasteiger partial charge in [-0.25, -0.2) is 0 Å². The molecule has 0 bridgehead atoms. The average Bonchev–Trinajstić information content (AvgIpc) is 2.05. The minimum Gasteiger partial charge on any atom is -0.0876 e. The van der Waals surface area contributed by atoms with Crippen molar-refractivity contribution >= 4 is 31.9 Å². The first-order valence-corrected chi connectivity index (χ1v) is 5.52. The zero-order chi connectivity index (χ0) is 8.27. The second kappa shape index (κ2) is 4.27. The molecule has 0 radical (unpaired) electrons. The Morgan fingerprint density at radius 3 is 2.64 bits per heavy atom. The van der Waals surface area contributed by atoms with E-state index in [0.717, 1.165) is 11.8 Å². The minimum atomic E-state index is 0.918. The highest BCUT2D eigenvalue weighted by Gasteiger charge is 1.97. The van der Waals surface area contributed by atoms with E-state index in [2.05, 4.69) is 57.0 Å². The van der Waals surface area contributed by atoms with E-state index < -0.39 is 0 Å². The molecule has 11 heavy (non-hydrogen) atoms. The molecule has 0 unspecified atom stereocenters. The van der Waals surface area contributed by atoms with E-state index >= 15 is 0 Å². The molecule has 0 saturated carbocycles. The lowest BCUT2D eigenvalue weighted by molar-refractivity contribution is 1.13. The maximum absolute atomic E-state index is 3.49. The number of hydrogen-bond acceptors (Lipinski definition) is 0. The molecule has 0 aliphatic carbocycles. The maximum Gasteiger partial charge on any atom is 0.0294 e. The van der Waals surface area contributed by atoms with Crippen LogP contribution < -0.4 is 0 Å². The summed E-state index contributed by atoms with van der Waals surface area (Å²) in [6.45, 7) is 2.17. The van der Waals surface area contributed by atoms with Gasteiger partial charge in [0.25, 0.3) is 0 Å². The summed E-state index contributed by atoms with van der Waals surface area (Å²) in [5.41, 5.74) is 2.71. The van der Waals surface area contributed by atoms with E-state index in [0.29, 0.717) is 0 Å². The normalized spacial score (nSPS) is 10.1. The Kier molecular flexibility index (Phi) is 3.60. The fraction of sp³-hybridized carbons (Fsp3) is 0.333. The van der Waals surface area contributed by atoms with E-state index in [-0.39, 0.29) is 0 Å². The van der Waals surface area contributed by atoms with Gasteiger partial charge in [-0.2, -0.15) is 0 Å². The molecule has 0 N–H and O–H groups in total. The van der Waals surface area contributed by atoms with Gasteiger partial charge in [-0.3, -0.25) is 0 Å². The summed E-state index contributed by atoms with van der Waals surface area (Å²) in [5, 5.41) is 0.918. The molecule has 0 heterocycles. The van der Waals surface area contributed by atoms with Crippen LogP contribution in [0.3, 0.4) is 0 Å². The van der Waals surface area contributed by atoms with Gasteiger partial charge in [-0.1, -0.05) is 50.9 Å². The largest absolute Gasteiger partial charge is 0.0876 e. The summed E-state index contributed by atoms with van der Waals surface area (Å²) in [5.74, 6) is 0. The van der Waals surface area contributed by atoms with Gasteiger partial charge in [0.1, 0.15) is 0 Å². The Hall–Kier alpha value is 0.180. The van der Waals surface area contributed by atoms with Crippen LogP contribution in [0.15, 0.2) is 22.7 Å². The molecule has 0 spiro atoms. The quantitative estimate of drug-likeness (QED) is 0.719. The van der Waals surface area contributed by atoms with Gasteiger partial charge in [-0.15, -0.1) is 0 Å². The van der Waals surface area contributed by atoms with Crippen molar-refractivity contribution in [1.82, 2.24) is 0 Å². The Labute approximate surface area is 84.3 Å². The van der Waals surface area contributed by atoms with E-state index in [4.69, 9.17) is 0 Å². The molecule has 1 rings (SSSR count). The molecule has 2 heteroatoms. The first kappa shape index (κ1) is 9.27. The summed E-state index contributed by atoms with van der Waals surface area (Å²) >= 11 is 6.93. The van der Waals surface area contributed by atoms with E-state index in [1.807, 2.05) is 0 Å².